The number of β-lactam (4-membered cyclic amide) rings is 1. The molecule has 2 amide bonds. The summed E-state index contributed by atoms with van der Waals surface area (Å²) < 4.78 is 9.42. The molecule has 2 aliphatic rings. The van der Waals surface area contributed by atoms with E-state index in [1.165, 1.54) is 16.7 Å². The third kappa shape index (κ3) is 4.97. The molecule has 0 aliphatic carbocycles. The summed E-state index contributed by atoms with van der Waals surface area (Å²) in [5, 5.41) is 5.73. The van der Waals surface area contributed by atoms with Gasteiger partial charge in [0, 0.05) is 9.66 Å². The minimum Gasteiger partial charge on any atom is -0.427 e. The highest BCUT2D eigenvalue weighted by molar-refractivity contribution is 8.01. The number of esters is 2. The Morgan fingerprint density at radius 3 is 2.47 bits per heavy atom. The van der Waals surface area contributed by atoms with Crippen LogP contribution in [0, 0.1) is 5.41 Å². The van der Waals surface area contributed by atoms with E-state index in [-0.39, 0.29) is 0 Å². The van der Waals surface area contributed by atoms with Crippen molar-refractivity contribution in [2.24, 2.45) is 10.5 Å². The van der Waals surface area contributed by atoms with Gasteiger partial charge in [-0.05, 0) is 45.7 Å². The number of carbonyl (C=O) groups is 4. The number of thioether (sulfide) groups is 1. The minimum atomic E-state index is -1.13. The standard InChI is InChI=1S/C22H27N5O6S/c1-21(2,3)20(31)33-11-32-19(30)15-22(4,5)34-18-14(17(29)27(15)18)24-16(28)13(25-26-23)12-9-7-6-8-10-12/h6-10,13-15,18H,11H2,1-5H3,(H,24,28)/t13-,14-,15+,18-/m1/s1. The molecule has 0 bridgehead atoms. The first-order valence-electron chi connectivity index (χ1n) is 10.6. The lowest BCUT2D eigenvalue weighted by Gasteiger charge is -2.44. The predicted octanol–water partition coefficient (Wildman–Crippen LogP) is 2.68. The molecule has 0 aromatic heterocycles. The van der Waals surface area contributed by atoms with Crippen LogP contribution in [0.15, 0.2) is 35.4 Å². The van der Waals surface area contributed by atoms with E-state index in [9.17, 15) is 19.2 Å². The second-order valence-corrected chi connectivity index (χ2v) is 11.3. The Balaban J connectivity index is 1.66. The Bertz CT molecular complexity index is 1030. The summed E-state index contributed by atoms with van der Waals surface area (Å²) in [5.41, 5.74) is 8.63. The van der Waals surface area contributed by atoms with Gasteiger partial charge in [0.05, 0.1) is 5.41 Å². The molecule has 2 saturated heterocycles. The van der Waals surface area contributed by atoms with Gasteiger partial charge in [-0.15, -0.1) is 11.8 Å². The second kappa shape index (κ2) is 9.55. The quantitative estimate of drug-likeness (QED) is 0.154. The van der Waals surface area contributed by atoms with Crippen LogP contribution in [-0.2, 0) is 28.7 Å². The fourth-order valence-electron chi connectivity index (χ4n) is 3.75. The summed E-state index contributed by atoms with van der Waals surface area (Å²) in [6.45, 7) is 8.07. The molecule has 2 aliphatic heterocycles. The van der Waals surface area contributed by atoms with Crippen LogP contribution in [0.4, 0.5) is 0 Å². The minimum absolute atomic E-state index is 0.446. The number of benzene rings is 1. The molecule has 1 N–H and O–H groups in total. The molecule has 3 rings (SSSR count). The Labute approximate surface area is 201 Å². The first-order chi connectivity index (χ1) is 15.9. The highest BCUT2D eigenvalue weighted by Crippen LogP contribution is 2.51. The summed E-state index contributed by atoms with van der Waals surface area (Å²) in [7, 11) is 0. The maximum atomic E-state index is 12.9. The third-order valence-electron chi connectivity index (χ3n) is 5.50. The normalized spacial score (nSPS) is 23.6. The number of amides is 2. The highest BCUT2D eigenvalue weighted by Gasteiger charge is 2.64. The number of carbonyl (C=O) groups excluding carboxylic acids is 4. The molecule has 1 aromatic carbocycles. The Morgan fingerprint density at radius 2 is 1.88 bits per heavy atom. The predicted molar refractivity (Wildman–Crippen MR) is 123 cm³/mol. The zero-order valence-electron chi connectivity index (χ0n) is 19.5. The zero-order chi connectivity index (χ0) is 25.3. The fourth-order valence-corrected chi connectivity index (χ4v) is 5.37. The van der Waals surface area contributed by atoms with E-state index >= 15 is 0 Å². The Hall–Kier alpha value is -3.24. The highest BCUT2D eigenvalue weighted by atomic mass is 32.2. The number of ether oxygens (including phenoxy) is 2. The molecule has 34 heavy (non-hydrogen) atoms. The fraction of sp³-hybridized carbons (Fsp3) is 0.545. The van der Waals surface area contributed by atoms with E-state index in [4.69, 9.17) is 15.0 Å². The number of nitrogens with one attached hydrogen (secondary N) is 1. The molecular weight excluding hydrogens is 462 g/mol. The van der Waals surface area contributed by atoms with Crippen molar-refractivity contribution in [1.29, 1.82) is 0 Å². The molecule has 11 nitrogen and oxygen atoms in total. The lowest BCUT2D eigenvalue weighted by atomic mass is 9.95. The van der Waals surface area contributed by atoms with Crippen molar-refractivity contribution < 1.29 is 28.7 Å². The first kappa shape index (κ1) is 25.4. The van der Waals surface area contributed by atoms with E-state index in [0.29, 0.717) is 5.56 Å². The number of fused-ring (bicyclic) bond motifs is 1. The smallest absolute Gasteiger partial charge is 0.333 e. The molecule has 182 valence electrons. The van der Waals surface area contributed by atoms with Gasteiger partial charge in [-0.3, -0.25) is 14.4 Å². The Morgan fingerprint density at radius 1 is 1.24 bits per heavy atom. The van der Waals surface area contributed by atoms with Crippen molar-refractivity contribution >= 4 is 35.5 Å². The van der Waals surface area contributed by atoms with E-state index in [1.54, 1.807) is 65.0 Å². The molecule has 12 heteroatoms. The first-order valence-corrected chi connectivity index (χ1v) is 11.5. The van der Waals surface area contributed by atoms with Crippen LogP contribution < -0.4 is 5.32 Å². The van der Waals surface area contributed by atoms with E-state index < -0.39 is 64.2 Å². The maximum Gasteiger partial charge on any atom is 0.333 e. The van der Waals surface area contributed by atoms with Crippen LogP contribution in [0.3, 0.4) is 0 Å². The molecule has 0 saturated carbocycles. The van der Waals surface area contributed by atoms with Gasteiger partial charge in [0.25, 0.3) is 0 Å². The van der Waals surface area contributed by atoms with Crippen LogP contribution in [-0.4, -0.2) is 57.7 Å². The van der Waals surface area contributed by atoms with Crippen molar-refractivity contribution in [2.45, 2.75) is 62.9 Å². The monoisotopic (exact) mass is 489 g/mol. The van der Waals surface area contributed by atoms with Crippen LogP contribution >= 0.6 is 11.8 Å². The number of hydrogen-bond acceptors (Lipinski definition) is 8. The van der Waals surface area contributed by atoms with Crippen molar-refractivity contribution in [1.82, 2.24) is 10.2 Å². The second-order valence-electron chi connectivity index (χ2n) is 9.53. The van der Waals surface area contributed by atoms with E-state index in [2.05, 4.69) is 15.3 Å². The number of azide groups is 1. The molecule has 2 heterocycles. The molecular formula is C22H27N5O6S. The summed E-state index contributed by atoms with van der Waals surface area (Å²) in [5.74, 6) is -2.27. The molecule has 0 unspecified atom stereocenters. The van der Waals surface area contributed by atoms with Gasteiger partial charge in [-0.1, -0.05) is 35.4 Å². The van der Waals surface area contributed by atoms with Crippen LogP contribution in [0.5, 0.6) is 0 Å². The van der Waals surface area contributed by atoms with Gasteiger partial charge in [-0.25, -0.2) is 4.79 Å². The van der Waals surface area contributed by atoms with E-state index in [1.807, 2.05) is 0 Å². The van der Waals surface area contributed by atoms with Crippen LogP contribution in [0.2, 0.25) is 0 Å². The maximum absolute atomic E-state index is 12.9. The van der Waals surface area contributed by atoms with Gasteiger partial charge >= 0.3 is 11.9 Å². The van der Waals surface area contributed by atoms with Gasteiger partial charge in [-0.2, -0.15) is 0 Å². The summed E-state index contributed by atoms with van der Waals surface area (Å²) in [6.07, 6.45) is 0. The molecule has 1 aromatic rings. The average molecular weight is 490 g/mol. The van der Waals surface area contributed by atoms with Crippen molar-refractivity contribution in [3.05, 3.63) is 46.3 Å². The van der Waals surface area contributed by atoms with Crippen molar-refractivity contribution in [3.63, 3.8) is 0 Å². The zero-order valence-corrected chi connectivity index (χ0v) is 20.4. The van der Waals surface area contributed by atoms with Gasteiger partial charge in [0.15, 0.2) is 0 Å². The van der Waals surface area contributed by atoms with Crippen LogP contribution in [0.1, 0.15) is 46.2 Å². The summed E-state index contributed by atoms with van der Waals surface area (Å²) in [4.78, 5) is 54.5. The molecule has 0 spiro atoms. The van der Waals surface area contributed by atoms with Gasteiger partial charge < -0.3 is 19.7 Å². The van der Waals surface area contributed by atoms with Crippen molar-refractivity contribution in [2.75, 3.05) is 6.79 Å². The summed E-state index contributed by atoms with van der Waals surface area (Å²) in [6, 6.07) is 5.56. The number of nitrogens with zero attached hydrogens (tertiary/aromatic N) is 4. The Kier molecular flexibility index (Phi) is 7.13. The summed E-state index contributed by atoms with van der Waals surface area (Å²) >= 11 is 1.35. The van der Waals surface area contributed by atoms with Gasteiger partial charge in [0.1, 0.15) is 23.5 Å². The molecule has 2 fully saturated rings. The SMILES string of the molecule is CC(C)(C)C(=O)OCOC(=O)[C@@H]1N2C(=O)[C@@H](NC(=O)[C@H](N=[N+]=[N-])c3ccccc3)[C@H]2SC1(C)C. The topological polar surface area (TPSA) is 151 Å². The molecule has 0 radical (unpaired) electrons. The van der Waals surface area contributed by atoms with E-state index in [0.717, 1.165) is 0 Å². The average Bonchev–Trinajstić information content (AvgIpc) is 3.03. The lowest BCUT2D eigenvalue weighted by Crippen LogP contribution is -2.71. The van der Waals surface area contributed by atoms with Crippen molar-refractivity contribution in [3.8, 4) is 0 Å². The number of rotatable bonds is 7. The van der Waals surface area contributed by atoms with Crippen LogP contribution in [0.25, 0.3) is 10.4 Å². The van der Waals surface area contributed by atoms with Gasteiger partial charge in [0.2, 0.25) is 18.6 Å². The lowest BCUT2D eigenvalue weighted by molar-refractivity contribution is -0.180. The largest absolute Gasteiger partial charge is 0.427 e. The third-order valence-corrected chi connectivity index (χ3v) is 7.07. The molecule has 4 atom stereocenters. The number of hydrogen-bond donors (Lipinski definition) is 1.